The van der Waals surface area contributed by atoms with Crippen LogP contribution in [0.5, 0.6) is 5.75 Å². The van der Waals surface area contributed by atoms with Crippen LogP contribution >= 0.6 is 27.5 Å². The summed E-state index contributed by atoms with van der Waals surface area (Å²) in [5.41, 5.74) is 0.984. The fourth-order valence-electron chi connectivity index (χ4n) is 3.66. The van der Waals surface area contributed by atoms with Crippen LogP contribution in [-0.4, -0.2) is 51.9 Å². The van der Waals surface area contributed by atoms with E-state index in [1.165, 1.54) is 49.4 Å². The maximum atomic E-state index is 13.8. The first-order chi connectivity index (χ1) is 17.6. The highest BCUT2D eigenvalue weighted by Crippen LogP contribution is 2.28. The van der Waals surface area contributed by atoms with Crippen LogP contribution in [0.25, 0.3) is 0 Å². The summed E-state index contributed by atoms with van der Waals surface area (Å²) in [6.45, 7) is 1.14. The lowest BCUT2D eigenvalue weighted by Gasteiger charge is -2.31. The van der Waals surface area contributed by atoms with Gasteiger partial charge in [-0.2, -0.15) is 0 Å². The Morgan fingerprint density at radius 1 is 1.05 bits per heavy atom. The summed E-state index contributed by atoms with van der Waals surface area (Å²) in [7, 11) is -1.23. The topological polar surface area (TPSA) is 96.0 Å². The number of ether oxygens (including phenoxy) is 1. The number of likely N-dealkylation sites (N-methyl/N-ethyl adjacent to an activating group) is 1. The molecule has 0 aromatic heterocycles. The van der Waals surface area contributed by atoms with E-state index in [-0.39, 0.29) is 23.0 Å². The smallest absolute Gasteiger partial charge is 0.264 e. The van der Waals surface area contributed by atoms with E-state index in [0.717, 1.165) is 14.3 Å². The second-order valence-corrected chi connectivity index (χ2v) is 11.3. The molecule has 1 unspecified atom stereocenters. The SMILES string of the molecule is CNC(=O)C(C)N(Cc1cccc(Br)c1)C(=O)CN(c1cccc(Cl)c1)S(=O)(=O)c1ccc(OC)cc1. The molecule has 3 aromatic rings. The van der Waals surface area contributed by atoms with E-state index in [2.05, 4.69) is 21.2 Å². The van der Waals surface area contributed by atoms with Gasteiger partial charge in [0.1, 0.15) is 18.3 Å². The average molecular weight is 609 g/mol. The van der Waals surface area contributed by atoms with Gasteiger partial charge in [-0.3, -0.25) is 13.9 Å². The minimum atomic E-state index is -4.19. The Morgan fingerprint density at radius 3 is 2.32 bits per heavy atom. The third-order valence-corrected chi connectivity index (χ3v) is 8.19. The Labute approximate surface area is 230 Å². The van der Waals surface area contributed by atoms with Crippen molar-refractivity contribution < 1.29 is 22.7 Å². The van der Waals surface area contributed by atoms with Crippen LogP contribution < -0.4 is 14.4 Å². The molecule has 0 radical (unpaired) electrons. The summed E-state index contributed by atoms with van der Waals surface area (Å²) in [6.07, 6.45) is 0. The highest BCUT2D eigenvalue weighted by Gasteiger charge is 2.32. The molecule has 0 heterocycles. The molecule has 0 spiro atoms. The van der Waals surface area contributed by atoms with Gasteiger partial charge in [-0.1, -0.05) is 45.7 Å². The summed E-state index contributed by atoms with van der Waals surface area (Å²) in [5, 5.41) is 2.86. The van der Waals surface area contributed by atoms with Crippen molar-refractivity contribution in [3.05, 3.63) is 87.9 Å². The summed E-state index contributed by atoms with van der Waals surface area (Å²) in [5.74, 6) is -0.451. The summed E-state index contributed by atoms with van der Waals surface area (Å²) in [6, 6.07) is 18.6. The van der Waals surface area contributed by atoms with Crippen LogP contribution in [0.4, 0.5) is 5.69 Å². The molecule has 0 aliphatic rings. The van der Waals surface area contributed by atoms with E-state index < -0.39 is 28.5 Å². The molecule has 0 fully saturated rings. The molecular formula is C26H27BrClN3O5S. The predicted octanol–water partition coefficient (Wildman–Crippen LogP) is 4.47. The first kappa shape index (κ1) is 28.5. The molecular weight excluding hydrogens is 582 g/mol. The van der Waals surface area contributed by atoms with Crippen molar-refractivity contribution in [2.24, 2.45) is 0 Å². The quantitative estimate of drug-likeness (QED) is 0.367. The highest BCUT2D eigenvalue weighted by molar-refractivity contribution is 9.10. The minimum absolute atomic E-state index is 0.0287. The summed E-state index contributed by atoms with van der Waals surface area (Å²) >= 11 is 9.58. The number of carbonyl (C=O) groups excluding carboxylic acids is 2. The van der Waals surface area contributed by atoms with E-state index in [1.807, 2.05) is 24.3 Å². The van der Waals surface area contributed by atoms with Crippen molar-refractivity contribution in [1.82, 2.24) is 10.2 Å². The first-order valence-electron chi connectivity index (χ1n) is 11.2. The Kier molecular flexibility index (Phi) is 9.58. The lowest BCUT2D eigenvalue weighted by atomic mass is 10.1. The van der Waals surface area contributed by atoms with Gasteiger partial charge in [-0.15, -0.1) is 0 Å². The fraction of sp³-hybridized carbons (Fsp3) is 0.231. The Balaban J connectivity index is 2.03. The van der Waals surface area contributed by atoms with Crippen LogP contribution in [0.15, 0.2) is 82.2 Å². The van der Waals surface area contributed by atoms with Crippen molar-refractivity contribution in [3.8, 4) is 5.75 Å². The largest absolute Gasteiger partial charge is 0.497 e. The fourth-order valence-corrected chi connectivity index (χ4v) is 5.70. The first-order valence-corrected chi connectivity index (χ1v) is 13.9. The van der Waals surface area contributed by atoms with Gasteiger partial charge in [0.05, 0.1) is 17.7 Å². The summed E-state index contributed by atoms with van der Waals surface area (Å²) < 4.78 is 34.4. The number of hydrogen-bond acceptors (Lipinski definition) is 5. The highest BCUT2D eigenvalue weighted by atomic mass is 79.9. The zero-order valence-electron chi connectivity index (χ0n) is 20.5. The molecule has 196 valence electrons. The van der Waals surface area contributed by atoms with Gasteiger partial charge >= 0.3 is 0 Å². The van der Waals surface area contributed by atoms with Gasteiger partial charge < -0.3 is 15.0 Å². The van der Waals surface area contributed by atoms with Crippen LogP contribution in [0.1, 0.15) is 12.5 Å². The van der Waals surface area contributed by atoms with Crippen molar-refractivity contribution in [3.63, 3.8) is 0 Å². The number of carbonyl (C=O) groups is 2. The second-order valence-electron chi connectivity index (χ2n) is 8.11. The number of nitrogens with one attached hydrogen (secondary N) is 1. The molecule has 0 bridgehead atoms. The van der Waals surface area contributed by atoms with Crippen molar-refractivity contribution in [2.45, 2.75) is 24.4 Å². The maximum absolute atomic E-state index is 13.8. The number of nitrogens with zero attached hydrogens (tertiary/aromatic N) is 2. The number of hydrogen-bond donors (Lipinski definition) is 1. The minimum Gasteiger partial charge on any atom is -0.497 e. The summed E-state index contributed by atoms with van der Waals surface area (Å²) in [4.78, 5) is 27.6. The van der Waals surface area contributed by atoms with Gasteiger partial charge in [0.2, 0.25) is 11.8 Å². The second kappa shape index (κ2) is 12.4. The number of sulfonamides is 1. The van der Waals surface area contributed by atoms with Crippen molar-refractivity contribution in [1.29, 1.82) is 0 Å². The van der Waals surface area contributed by atoms with Gasteiger partial charge in [0.15, 0.2) is 0 Å². The van der Waals surface area contributed by atoms with Crippen molar-refractivity contribution in [2.75, 3.05) is 25.0 Å². The van der Waals surface area contributed by atoms with Gasteiger partial charge in [0, 0.05) is 23.1 Å². The number of halogens is 2. The molecule has 0 saturated carbocycles. The monoisotopic (exact) mass is 607 g/mol. The third-order valence-electron chi connectivity index (χ3n) is 5.68. The molecule has 8 nitrogen and oxygen atoms in total. The van der Waals surface area contributed by atoms with E-state index in [1.54, 1.807) is 25.1 Å². The maximum Gasteiger partial charge on any atom is 0.264 e. The number of rotatable bonds is 10. The predicted molar refractivity (Wildman–Crippen MR) is 147 cm³/mol. The van der Waals surface area contributed by atoms with Crippen LogP contribution in [0, 0.1) is 0 Å². The number of amides is 2. The van der Waals surface area contributed by atoms with Gasteiger partial charge in [-0.25, -0.2) is 8.42 Å². The zero-order chi connectivity index (χ0) is 27.2. The Morgan fingerprint density at radius 2 is 1.73 bits per heavy atom. The Bertz CT molecular complexity index is 1370. The average Bonchev–Trinajstić information content (AvgIpc) is 2.89. The lowest BCUT2D eigenvalue weighted by molar-refractivity contribution is -0.139. The van der Waals surface area contributed by atoms with Crippen LogP contribution in [0.2, 0.25) is 5.02 Å². The molecule has 0 aliphatic carbocycles. The normalized spacial score (nSPS) is 11.9. The van der Waals surface area contributed by atoms with E-state index >= 15 is 0 Å². The molecule has 1 N–H and O–H groups in total. The number of methoxy groups -OCH3 is 1. The zero-order valence-corrected chi connectivity index (χ0v) is 23.7. The van der Waals surface area contributed by atoms with Gasteiger partial charge in [-0.05, 0) is 67.1 Å². The van der Waals surface area contributed by atoms with Crippen molar-refractivity contribution >= 4 is 55.1 Å². The van der Waals surface area contributed by atoms with Crippen LogP contribution in [0.3, 0.4) is 0 Å². The van der Waals surface area contributed by atoms with Gasteiger partial charge in [0.25, 0.3) is 10.0 Å². The lowest BCUT2D eigenvalue weighted by Crippen LogP contribution is -2.50. The van der Waals surface area contributed by atoms with E-state index in [4.69, 9.17) is 16.3 Å². The number of benzene rings is 3. The molecule has 3 rings (SSSR count). The molecule has 0 aliphatic heterocycles. The van der Waals surface area contributed by atoms with E-state index in [0.29, 0.717) is 10.8 Å². The molecule has 3 aromatic carbocycles. The Hall–Kier alpha value is -3.08. The standard InChI is InChI=1S/C26H27BrClN3O5S/c1-18(26(33)29-2)30(16-19-6-4-7-20(27)14-19)25(32)17-31(22-9-5-8-21(28)15-22)37(34,35)24-12-10-23(36-3)11-13-24/h4-15,18H,16-17H2,1-3H3,(H,29,33). The van der Waals surface area contributed by atoms with Crippen LogP contribution in [-0.2, 0) is 26.2 Å². The molecule has 2 amide bonds. The molecule has 0 saturated heterocycles. The molecule has 37 heavy (non-hydrogen) atoms. The third kappa shape index (κ3) is 7.03. The molecule has 1 atom stereocenters. The molecule has 11 heteroatoms. The van der Waals surface area contributed by atoms with E-state index in [9.17, 15) is 18.0 Å². The number of anilines is 1.